The van der Waals surface area contributed by atoms with Gasteiger partial charge in [-0.3, -0.25) is 9.78 Å². The normalized spacial score (nSPS) is 16.1. The highest BCUT2D eigenvalue weighted by atomic mass is 16.5. The van der Waals surface area contributed by atoms with Gasteiger partial charge in [0.05, 0.1) is 18.1 Å². The largest absolute Gasteiger partial charge is 0.472 e. The number of carbonyl (C=O) groups excluding carboxylic acids is 1. The highest BCUT2D eigenvalue weighted by molar-refractivity contribution is 5.97. The van der Waals surface area contributed by atoms with Crippen LogP contribution in [0.1, 0.15) is 19.8 Å². The molecule has 1 amide bonds. The lowest BCUT2D eigenvalue weighted by molar-refractivity contribution is -0.114. The third-order valence-corrected chi connectivity index (χ3v) is 5.65. The lowest BCUT2D eigenvalue weighted by atomic mass is 10.0. The summed E-state index contributed by atoms with van der Waals surface area (Å²) in [5.74, 6) is 0.471. The molecule has 0 radical (unpaired) electrons. The van der Waals surface area contributed by atoms with E-state index in [4.69, 9.17) is 9.72 Å². The highest BCUT2D eigenvalue weighted by Gasteiger charge is 2.16. The third kappa shape index (κ3) is 4.33. The summed E-state index contributed by atoms with van der Waals surface area (Å²) < 4.78 is 6.06. The molecule has 0 bridgehead atoms. The fraction of sp³-hybridized carbons (Fsp3) is 0.240. The molecule has 2 aromatic carbocycles. The van der Waals surface area contributed by atoms with Gasteiger partial charge < -0.3 is 20.4 Å². The fourth-order valence-electron chi connectivity index (χ4n) is 4.09. The van der Waals surface area contributed by atoms with E-state index < -0.39 is 0 Å². The second kappa shape index (κ2) is 8.80. The molecule has 32 heavy (non-hydrogen) atoms. The van der Waals surface area contributed by atoms with Crippen molar-refractivity contribution in [1.29, 1.82) is 0 Å². The summed E-state index contributed by atoms with van der Waals surface area (Å²) in [6.45, 7) is 3.38. The van der Waals surface area contributed by atoms with Crippen LogP contribution >= 0.6 is 0 Å². The summed E-state index contributed by atoms with van der Waals surface area (Å²) in [4.78, 5) is 23.7. The second-order valence-electron chi connectivity index (χ2n) is 8.05. The number of carbonyl (C=O) groups is 1. The SMILES string of the molecule is CC(=O)Nc1ccc(-c2ccc3[nH]cc(-c4cncc(OC5CCCNC5)n4)c3c2)cc1. The van der Waals surface area contributed by atoms with Gasteiger partial charge in [0.1, 0.15) is 6.10 Å². The highest BCUT2D eigenvalue weighted by Crippen LogP contribution is 2.32. The molecular weight excluding hydrogens is 402 g/mol. The van der Waals surface area contributed by atoms with Gasteiger partial charge in [-0.2, -0.15) is 0 Å². The number of aromatic nitrogens is 3. The minimum atomic E-state index is -0.0804. The Hall–Kier alpha value is -3.71. The Balaban J connectivity index is 1.44. The second-order valence-corrected chi connectivity index (χ2v) is 8.05. The number of nitrogens with one attached hydrogen (secondary N) is 3. The van der Waals surface area contributed by atoms with Gasteiger partial charge >= 0.3 is 0 Å². The molecule has 1 atom stereocenters. The molecule has 0 saturated carbocycles. The summed E-state index contributed by atoms with van der Waals surface area (Å²) in [7, 11) is 0. The first-order valence-corrected chi connectivity index (χ1v) is 10.8. The van der Waals surface area contributed by atoms with Crippen LogP contribution in [0.4, 0.5) is 5.69 Å². The Morgan fingerprint density at radius 2 is 1.97 bits per heavy atom. The summed E-state index contributed by atoms with van der Waals surface area (Å²) in [6.07, 6.45) is 7.66. The molecule has 0 aliphatic carbocycles. The molecule has 1 unspecified atom stereocenters. The molecule has 5 rings (SSSR count). The maximum Gasteiger partial charge on any atom is 0.233 e. The first-order valence-electron chi connectivity index (χ1n) is 10.8. The molecule has 7 heteroatoms. The Bertz CT molecular complexity index is 1240. The average molecular weight is 428 g/mol. The van der Waals surface area contributed by atoms with Crippen molar-refractivity contribution >= 4 is 22.5 Å². The van der Waals surface area contributed by atoms with Gasteiger partial charge in [0, 0.05) is 41.8 Å². The molecule has 7 nitrogen and oxygen atoms in total. The minimum Gasteiger partial charge on any atom is -0.472 e. The van der Waals surface area contributed by atoms with Gasteiger partial charge in [0.15, 0.2) is 0 Å². The molecule has 1 fully saturated rings. The molecule has 3 heterocycles. The lowest BCUT2D eigenvalue weighted by Crippen LogP contribution is -2.37. The Morgan fingerprint density at radius 3 is 2.75 bits per heavy atom. The van der Waals surface area contributed by atoms with Crippen LogP contribution in [0.2, 0.25) is 0 Å². The van der Waals surface area contributed by atoms with E-state index in [1.54, 1.807) is 12.4 Å². The number of anilines is 1. The van der Waals surface area contributed by atoms with Crippen molar-refractivity contribution in [2.45, 2.75) is 25.9 Å². The van der Waals surface area contributed by atoms with Crippen molar-refractivity contribution in [3.8, 4) is 28.3 Å². The van der Waals surface area contributed by atoms with E-state index >= 15 is 0 Å². The number of benzene rings is 2. The zero-order valence-corrected chi connectivity index (χ0v) is 17.9. The molecular formula is C25H25N5O2. The number of hydrogen-bond donors (Lipinski definition) is 3. The van der Waals surface area contributed by atoms with Crippen LogP contribution in [0.15, 0.2) is 61.1 Å². The van der Waals surface area contributed by atoms with Crippen molar-refractivity contribution in [1.82, 2.24) is 20.3 Å². The Labute approximate surface area is 186 Å². The number of aromatic amines is 1. The van der Waals surface area contributed by atoms with Gasteiger partial charge in [-0.15, -0.1) is 0 Å². The average Bonchev–Trinajstić information content (AvgIpc) is 3.23. The zero-order chi connectivity index (χ0) is 21.9. The monoisotopic (exact) mass is 427 g/mol. The van der Waals surface area contributed by atoms with Crippen molar-refractivity contribution < 1.29 is 9.53 Å². The van der Waals surface area contributed by atoms with Crippen molar-refractivity contribution in [3.05, 3.63) is 61.1 Å². The predicted molar refractivity (Wildman–Crippen MR) is 126 cm³/mol. The number of nitrogens with zero attached hydrogens (tertiary/aromatic N) is 2. The number of H-pyrrole nitrogens is 1. The van der Waals surface area contributed by atoms with Crippen LogP contribution in [0.5, 0.6) is 5.88 Å². The zero-order valence-electron chi connectivity index (χ0n) is 17.9. The van der Waals surface area contributed by atoms with Crippen LogP contribution in [-0.2, 0) is 4.79 Å². The van der Waals surface area contributed by atoms with Gasteiger partial charge in [0.25, 0.3) is 0 Å². The molecule has 3 N–H and O–H groups in total. The summed E-state index contributed by atoms with van der Waals surface area (Å²) in [5.41, 5.74) is 5.72. The summed E-state index contributed by atoms with van der Waals surface area (Å²) >= 11 is 0. The predicted octanol–water partition coefficient (Wildman–Crippen LogP) is 4.38. The number of hydrogen-bond acceptors (Lipinski definition) is 5. The van der Waals surface area contributed by atoms with Gasteiger partial charge in [-0.05, 0) is 54.8 Å². The molecule has 1 aliphatic rings. The molecule has 1 aliphatic heterocycles. The van der Waals surface area contributed by atoms with E-state index in [9.17, 15) is 4.79 Å². The lowest BCUT2D eigenvalue weighted by Gasteiger charge is -2.23. The molecule has 0 spiro atoms. The van der Waals surface area contributed by atoms with Crippen molar-refractivity contribution in [3.63, 3.8) is 0 Å². The van der Waals surface area contributed by atoms with E-state index in [0.29, 0.717) is 5.88 Å². The Morgan fingerprint density at radius 1 is 1.12 bits per heavy atom. The topological polar surface area (TPSA) is 91.9 Å². The van der Waals surface area contributed by atoms with Gasteiger partial charge in [-0.1, -0.05) is 18.2 Å². The molecule has 162 valence electrons. The quantitative estimate of drug-likeness (QED) is 0.440. The van der Waals surface area contributed by atoms with Crippen LogP contribution in [0.3, 0.4) is 0 Å². The smallest absolute Gasteiger partial charge is 0.233 e. The third-order valence-electron chi connectivity index (χ3n) is 5.65. The van der Waals surface area contributed by atoms with Crippen molar-refractivity contribution in [2.75, 3.05) is 18.4 Å². The van der Waals surface area contributed by atoms with E-state index in [-0.39, 0.29) is 12.0 Å². The van der Waals surface area contributed by atoms with Crippen LogP contribution in [0, 0.1) is 0 Å². The summed E-state index contributed by atoms with van der Waals surface area (Å²) in [5, 5.41) is 7.22. The maximum atomic E-state index is 11.3. The molecule has 4 aromatic rings. The first-order chi connectivity index (χ1) is 15.7. The number of amides is 1. The number of fused-ring (bicyclic) bond motifs is 1. The number of ether oxygens (including phenoxy) is 1. The maximum absolute atomic E-state index is 11.3. The minimum absolute atomic E-state index is 0.0804. The van der Waals surface area contributed by atoms with E-state index in [2.05, 4.69) is 38.8 Å². The standard InChI is InChI=1S/C25H25N5O2/c1-16(31)29-19-7-4-17(5-8-19)18-6-9-23-21(11-18)22(13-28-23)24-14-27-15-25(30-24)32-20-3-2-10-26-12-20/h4-9,11,13-15,20,26,28H,2-3,10,12H2,1H3,(H,29,31). The number of piperidine rings is 1. The van der Waals surface area contributed by atoms with E-state index in [0.717, 1.165) is 64.9 Å². The van der Waals surface area contributed by atoms with Crippen LogP contribution in [-0.4, -0.2) is 40.1 Å². The summed E-state index contributed by atoms with van der Waals surface area (Å²) in [6, 6.07) is 14.1. The Kier molecular flexibility index (Phi) is 5.56. The van der Waals surface area contributed by atoms with Gasteiger partial charge in [0.2, 0.25) is 11.8 Å². The first kappa shape index (κ1) is 20.2. The van der Waals surface area contributed by atoms with Crippen molar-refractivity contribution in [2.24, 2.45) is 0 Å². The van der Waals surface area contributed by atoms with Crippen LogP contribution in [0.25, 0.3) is 33.3 Å². The molecule has 2 aromatic heterocycles. The van der Waals surface area contributed by atoms with E-state index in [1.807, 2.05) is 30.5 Å². The fourth-order valence-corrected chi connectivity index (χ4v) is 4.09. The van der Waals surface area contributed by atoms with Gasteiger partial charge in [-0.25, -0.2) is 4.98 Å². The molecule has 1 saturated heterocycles. The van der Waals surface area contributed by atoms with E-state index in [1.165, 1.54) is 6.92 Å². The number of rotatable bonds is 5. The van der Waals surface area contributed by atoms with Crippen LogP contribution < -0.4 is 15.4 Å².